The lowest BCUT2D eigenvalue weighted by atomic mass is 10.0. The molecule has 2 aromatic rings. The maximum Gasteiger partial charge on any atom is 0.255 e. The van der Waals surface area contributed by atoms with E-state index in [0.29, 0.717) is 22.7 Å². The smallest absolute Gasteiger partial charge is 0.255 e. The molecule has 0 aromatic heterocycles. The lowest BCUT2D eigenvalue weighted by molar-refractivity contribution is 0.0724. The highest BCUT2D eigenvalue weighted by atomic mass is 16.2. The largest absolute Gasteiger partial charge is 0.339 e. The summed E-state index contributed by atoms with van der Waals surface area (Å²) in [5.74, 6) is 0.374. The fraction of sp³-hybridized carbons (Fsp3) is 0.364. The molecule has 0 atom stereocenters. The maximum absolute atomic E-state index is 12.5. The van der Waals surface area contributed by atoms with Crippen molar-refractivity contribution in [2.45, 2.75) is 39.0 Å². The van der Waals surface area contributed by atoms with Gasteiger partial charge in [-0.25, -0.2) is 0 Å². The molecule has 3 rings (SSSR count). The zero-order chi connectivity index (χ0) is 18.5. The maximum atomic E-state index is 12.5. The predicted molar refractivity (Wildman–Crippen MR) is 105 cm³/mol. The van der Waals surface area contributed by atoms with Crippen molar-refractivity contribution in [3.05, 3.63) is 65.2 Å². The molecule has 0 aliphatic carbocycles. The number of benzene rings is 2. The van der Waals surface area contributed by atoms with Crippen LogP contribution in [0.1, 0.15) is 65.3 Å². The average Bonchev–Trinajstić information content (AvgIpc) is 2.68. The molecule has 0 bridgehead atoms. The van der Waals surface area contributed by atoms with E-state index in [2.05, 4.69) is 19.2 Å². The lowest BCUT2D eigenvalue weighted by Gasteiger charge is -2.26. The monoisotopic (exact) mass is 350 g/mol. The van der Waals surface area contributed by atoms with Crippen LogP contribution in [0.4, 0.5) is 5.69 Å². The van der Waals surface area contributed by atoms with E-state index in [9.17, 15) is 9.59 Å². The zero-order valence-electron chi connectivity index (χ0n) is 15.5. The number of nitrogens with one attached hydrogen (secondary N) is 1. The van der Waals surface area contributed by atoms with Gasteiger partial charge in [-0.05, 0) is 67.1 Å². The van der Waals surface area contributed by atoms with Gasteiger partial charge < -0.3 is 10.2 Å². The second-order valence-electron chi connectivity index (χ2n) is 7.16. The van der Waals surface area contributed by atoms with Crippen LogP contribution in [-0.2, 0) is 0 Å². The van der Waals surface area contributed by atoms with Crippen LogP contribution in [0.5, 0.6) is 0 Å². The van der Waals surface area contributed by atoms with Crippen LogP contribution in [-0.4, -0.2) is 29.8 Å². The minimum absolute atomic E-state index is 0.0758. The molecule has 1 saturated heterocycles. The van der Waals surface area contributed by atoms with E-state index in [4.69, 9.17) is 0 Å². The van der Waals surface area contributed by atoms with Crippen LogP contribution < -0.4 is 5.32 Å². The Morgan fingerprint density at radius 2 is 1.42 bits per heavy atom. The number of carbonyl (C=O) groups is 2. The van der Waals surface area contributed by atoms with Gasteiger partial charge >= 0.3 is 0 Å². The Morgan fingerprint density at radius 3 is 2.00 bits per heavy atom. The van der Waals surface area contributed by atoms with Crippen LogP contribution in [0.15, 0.2) is 48.5 Å². The number of anilines is 1. The minimum Gasteiger partial charge on any atom is -0.339 e. The summed E-state index contributed by atoms with van der Waals surface area (Å²) in [5.41, 5.74) is 3.20. The van der Waals surface area contributed by atoms with Gasteiger partial charge in [0, 0.05) is 29.9 Å². The summed E-state index contributed by atoms with van der Waals surface area (Å²) >= 11 is 0. The first-order valence-electron chi connectivity index (χ1n) is 9.35. The number of amides is 2. The van der Waals surface area contributed by atoms with Crippen LogP contribution in [0.2, 0.25) is 0 Å². The highest BCUT2D eigenvalue weighted by Crippen LogP contribution is 2.18. The number of hydrogen-bond donors (Lipinski definition) is 1. The molecule has 136 valence electrons. The third-order valence-corrected chi connectivity index (χ3v) is 4.87. The fourth-order valence-corrected chi connectivity index (χ4v) is 3.20. The van der Waals surface area contributed by atoms with Crippen LogP contribution >= 0.6 is 0 Å². The van der Waals surface area contributed by atoms with Crippen LogP contribution in [0.25, 0.3) is 0 Å². The third-order valence-electron chi connectivity index (χ3n) is 4.87. The van der Waals surface area contributed by atoms with Crippen LogP contribution in [0, 0.1) is 0 Å². The molecule has 0 spiro atoms. The summed E-state index contributed by atoms with van der Waals surface area (Å²) in [5, 5.41) is 2.89. The first-order chi connectivity index (χ1) is 12.5. The number of hydrogen-bond acceptors (Lipinski definition) is 2. The van der Waals surface area contributed by atoms with Gasteiger partial charge in [-0.3, -0.25) is 9.59 Å². The first-order valence-corrected chi connectivity index (χ1v) is 9.35. The van der Waals surface area contributed by atoms with E-state index in [1.165, 1.54) is 12.0 Å². The average molecular weight is 350 g/mol. The van der Waals surface area contributed by atoms with Crippen molar-refractivity contribution < 1.29 is 9.59 Å². The lowest BCUT2D eigenvalue weighted by Crippen LogP contribution is -2.35. The minimum atomic E-state index is -0.143. The standard InChI is InChI=1S/C22H26N2O2/c1-16(2)17-6-8-18(9-7-17)21(25)23-20-12-10-19(11-13-20)22(26)24-14-4-3-5-15-24/h6-13,16H,3-5,14-15H2,1-2H3,(H,23,25). The molecule has 0 unspecified atom stereocenters. The molecule has 4 heteroatoms. The third kappa shape index (κ3) is 4.31. The second kappa shape index (κ2) is 8.17. The van der Waals surface area contributed by atoms with Gasteiger partial charge in [-0.2, -0.15) is 0 Å². The van der Waals surface area contributed by atoms with E-state index in [1.54, 1.807) is 24.3 Å². The highest BCUT2D eigenvalue weighted by Gasteiger charge is 2.18. The van der Waals surface area contributed by atoms with Gasteiger partial charge in [0.2, 0.25) is 0 Å². The number of nitrogens with zero attached hydrogens (tertiary/aromatic N) is 1. The number of likely N-dealkylation sites (tertiary alicyclic amines) is 1. The summed E-state index contributed by atoms with van der Waals surface area (Å²) in [7, 11) is 0. The van der Waals surface area contributed by atoms with Gasteiger partial charge in [-0.15, -0.1) is 0 Å². The molecule has 0 saturated carbocycles. The number of carbonyl (C=O) groups excluding carboxylic acids is 2. The molecule has 1 fully saturated rings. The fourth-order valence-electron chi connectivity index (χ4n) is 3.20. The Balaban J connectivity index is 1.63. The van der Waals surface area contributed by atoms with Crippen molar-refractivity contribution >= 4 is 17.5 Å². The van der Waals surface area contributed by atoms with Crippen molar-refractivity contribution in [3.8, 4) is 0 Å². The van der Waals surface area contributed by atoms with Crippen molar-refractivity contribution in [2.24, 2.45) is 0 Å². The molecule has 4 nitrogen and oxygen atoms in total. The Labute approximate surface area is 155 Å². The molecule has 2 amide bonds. The molecule has 0 radical (unpaired) electrons. The highest BCUT2D eigenvalue weighted by molar-refractivity contribution is 6.04. The Morgan fingerprint density at radius 1 is 0.846 bits per heavy atom. The second-order valence-corrected chi connectivity index (χ2v) is 7.16. The van der Waals surface area contributed by atoms with Gasteiger partial charge in [0.15, 0.2) is 0 Å². The molecule has 2 aromatic carbocycles. The van der Waals surface area contributed by atoms with E-state index < -0.39 is 0 Å². The molecular formula is C22H26N2O2. The number of piperidine rings is 1. The Bertz CT molecular complexity index is 758. The first kappa shape index (κ1) is 18.2. The quantitative estimate of drug-likeness (QED) is 0.870. The van der Waals surface area contributed by atoms with E-state index in [1.807, 2.05) is 29.2 Å². The van der Waals surface area contributed by atoms with E-state index in [-0.39, 0.29) is 11.8 Å². The normalized spacial score (nSPS) is 14.3. The molecule has 1 aliphatic rings. The number of rotatable bonds is 4. The van der Waals surface area contributed by atoms with Gasteiger partial charge in [0.05, 0.1) is 0 Å². The Hall–Kier alpha value is -2.62. The summed E-state index contributed by atoms with van der Waals surface area (Å²) in [6.07, 6.45) is 3.36. The summed E-state index contributed by atoms with van der Waals surface area (Å²) in [6.45, 7) is 5.93. The molecular weight excluding hydrogens is 324 g/mol. The molecule has 1 aliphatic heterocycles. The van der Waals surface area contributed by atoms with Gasteiger partial charge in [0.1, 0.15) is 0 Å². The SMILES string of the molecule is CC(C)c1ccc(C(=O)Nc2ccc(C(=O)N3CCCCC3)cc2)cc1. The molecule has 1 heterocycles. The topological polar surface area (TPSA) is 49.4 Å². The summed E-state index contributed by atoms with van der Waals surface area (Å²) in [4.78, 5) is 26.8. The van der Waals surface area contributed by atoms with Crippen molar-refractivity contribution in [1.82, 2.24) is 4.90 Å². The van der Waals surface area contributed by atoms with E-state index >= 15 is 0 Å². The summed E-state index contributed by atoms with van der Waals surface area (Å²) in [6, 6.07) is 14.8. The van der Waals surface area contributed by atoms with E-state index in [0.717, 1.165) is 25.9 Å². The van der Waals surface area contributed by atoms with Gasteiger partial charge in [0.25, 0.3) is 11.8 Å². The van der Waals surface area contributed by atoms with Crippen molar-refractivity contribution in [2.75, 3.05) is 18.4 Å². The molecule has 1 N–H and O–H groups in total. The van der Waals surface area contributed by atoms with Gasteiger partial charge in [-0.1, -0.05) is 26.0 Å². The predicted octanol–water partition coefficient (Wildman–Crippen LogP) is 4.69. The van der Waals surface area contributed by atoms with Crippen LogP contribution in [0.3, 0.4) is 0 Å². The van der Waals surface area contributed by atoms with Crippen molar-refractivity contribution in [1.29, 1.82) is 0 Å². The molecule has 26 heavy (non-hydrogen) atoms. The zero-order valence-corrected chi connectivity index (χ0v) is 15.5. The Kier molecular flexibility index (Phi) is 5.71. The summed E-state index contributed by atoms with van der Waals surface area (Å²) < 4.78 is 0. The van der Waals surface area contributed by atoms with Crippen molar-refractivity contribution in [3.63, 3.8) is 0 Å².